The minimum atomic E-state index is -4.96. The second kappa shape index (κ2) is 10.7. The number of nitrogens with two attached hydrogens (primary N) is 1. The van der Waals surface area contributed by atoms with Crippen molar-refractivity contribution in [1.29, 1.82) is 0 Å². The van der Waals surface area contributed by atoms with E-state index in [0.717, 1.165) is 29.2 Å². The van der Waals surface area contributed by atoms with E-state index in [1.165, 1.54) is 0 Å². The lowest BCUT2D eigenvalue weighted by Crippen LogP contribution is -2.39. The zero-order valence-electron chi connectivity index (χ0n) is 17.0. The zero-order chi connectivity index (χ0) is 26.4. The van der Waals surface area contributed by atoms with E-state index in [9.17, 15) is 44.3 Å². The largest absolute Gasteiger partial charge is 0.573 e. The molecule has 1 aromatic heterocycles. The molecule has 0 aliphatic heterocycles. The Balaban J connectivity index is 2.23. The fourth-order valence-corrected chi connectivity index (χ4v) is 2.22. The van der Waals surface area contributed by atoms with Gasteiger partial charge in [-0.25, -0.2) is 4.79 Å². The minimum absolute atomic E-state index is 0.0578. The number of hydrogen-bond acceptors (Lipinski definition) is 7. The van der Waals surface area contributed by atoms with Crippen molar-refractivity contribution in [2.45, 2.75) is 18.7 Å². The highest BCUT2D eigenvalue weighted by Gasteiger charge is 2.32. The van der Waals surface area contributed by atoms with Gasteiger partial charge in [-0.05, 0) is 24.3 Å². The van der Waals surface area contributed by atoms with E-state index in [2.05, 4.69) is 24.2 Å². The predicted molar refractivity (Wildman–Crippen MR) is 98.8 cm³/mol. The van der Waals surface area contributed by atoms with Crippen LogP contribution in [-0.4, -0.2) is 54.6 Å². The number of nitrogens with zero attached hydrogens (tertiary/aromatic N) is 3. The van der Waals surface area contributed by atoms with Gasteiger partial charge in [0.1, 0.15) is 5.75 Å². The number of ether oxygens (including phenoxy) is 3. The van der Waals surface area contributed by atoms with Gasteiger partial charge in [0.05, 0.1) is 12.7 Å². The highest BCUT2D eigenvalue weighted by Crippen LogP contribution is 2.27. The van der Waals surface area contributed by atoms with Gasteiger partial charge in [0.15, 0.2) is 13.2 Å². The molecule has 0 radical (unpaired) electrons. The van der Waals surface area contributed by atoms with Gasteiger partial charge >= 0.3 is 24.7 Å². The average Bonchev–Trinajstić information content (AvgIpc) is 2.70. The monoisotopic (exact) mass is 523 g/mol. The van der Waals surface area contributed by atoms with Crippen molar-refractivity contribution in [2.24, 2.45) is 5.73 Å². The number of alkyl halides is 9. The SMILES string of the molecule is NCN(C(=O)Nc1nc(OCC(F)(F)F)cc(OCC(F)(F)F)n1)c1ccc(OC(F)(F)F)cc1. The topological polar surface area (TPSA) is 112 Å². The molecule has 0 fully saturated rings. The summed E-state index contributed by atoms with van der Waals surface area (Å²) in [5.41, 5.74) is 5.41. The second-order valence-electron chi connectivity index (χ2n) is 6.26. The van der Waals surface area contributed by atoms with Gasteiger partial charge in [-0.1, -0.05) is 0 Å². The Morgan fingerprint density at radius 1 is 0.886 bits per heavy atom. The van der Waals surface area contributed by atoms with Crippen LogP contribution in [0, 0.1) is 0 Å². The molecule has 1 heterocycles. The van der Waals surface area contributed by atoms with Gasteiger partial charge in [0.2, 0.25) is 17.7 Å². The molecule has 0 spiro atoms. The minimum Gasteiger partial charge on any atom is -0.468 e. The number of amides is 2. The molecule has 35 heavy (non-hydrogen) atoms. The van der Waals surface area contributed by atoms with Crippen LogP contribution < -0.4 is 30.2 Å². The first-order chi connectivity index (χ1) is 16.0. The van der Waals surface area contributed by atoms with Crippen LogP contribution in [-0.2, 0) is 0 Å². The zero-order valence-corrected chi connectivity index (χ0v) is 17.0. The summed E-state index contributed by atoms with van der Waals surface area (Å²) in [6, 6.07) is 3.16. The smallest absolute Gasteiger partial charge is 0.468 e. The van der Waals surface area contributed by atoms with E-state index < -0.39 is 68.1 Å². The summed E-state index contributed by atoms with van der Waals surface area (Å²) in [6.07, 6.45) is -14.6. The molecule has 0 atom stereocenters. The molecule has 0 unspecified atom stereocenters. The maximum absolute atomic E-state index is 12.5. The average molecular weight is 523 g/mol. The van der Waals surface area contributed by atoms with Crippen molar-refractivity contribution < 1.29 is 58.5 Å². The normalized spacial score (nSPS) is 12.2. The van der Waals surface area contributed by atoms with E-state index in [1.807, 2.05) is 5.32 Å². The summed E-state index contributed by atoms with van der Waals surface area (Å²) >= 11 is 0. The van der Waals surface area contributed by atoms with Gasteiger partial charge in [-0.3, -0.25) is 10.2 Å². The van der Waals surface area contributed by atoms with Gasteiger partial charge < -0.3 is 19.9 Å². The lowest BCUT2D eigenvalue weighted by atomic mass is 10.3. The highest BCUT2D eigenvalue weighted by molar-refractivity contribution is 6.00. The Labute approximate surface area is 189 Å². The third-order valence-electron chi connectivity index (χ3n) is 3.48. The maximum Gasteiger partial charge on any atom is 0.573 e. The molecule has 194 valence electrons. The van der Waals surface area contributed by atoms with E-state index in [4.69, 9.17) is 5.73 Å². The number of benzene rings is 1. The van der Waals surface area contributed by atoms with Crippen LogP contribution in [0.1, 0.15) is 0 Å². The number of urea groups is 1. The number of rotatable bonds is 8. The number of hydrogen-bond donors (Lipinski definition) is 2. The summed E-state index contributed by atoms with van der Waals surface area (Å²) in [4.78, 5) is 20.1. The molecule has 0 saturated carbocycles. The van der Waals surface area contributed by atoms with Gasteiger partial charge in [0.25, 0.3) is 0 Å². The van der Waals surface area contributed by atoms with Crippen LogP contribution in [0.4, 0.5) is 55.9 Å². The molecule has 3 N–H and O–H groups in total. The van der Waals surface area contributed by atoms with Crippen molar-refractivity contribution in [3.63, 3.8) is 0 Å². The number of carbonyl (C=O) groups is 1. The number of halogens is 9. The number of carbonyl (C=O) groups excluding carboxylic acids is 1. The van der Waals surface area contributed by atoms with Gasteiger partial charge in [0, 0.05) is 5.69 Å². The van der Waals surface area contributed by atoms with Crippen LogP contribution in [0.3, 0.4) is 0 Å². The summed E-state index contributed by atoms with van der Waals surface area (Å²) in [6.45, 7) is -4.29. The molecule has 1 aromatic carbocycles. The summed E-state index contributed by atoms with van der Waals surface area (Å²) < 4.78 is 124. The molecule has 2 amide bonds. The third kappa shape index (κ3) is 9.98. The van der Waals surface area contributed by atoms with Crippen LogP contribution in [0.15, 0.2) is 30.3 Å². The fraction of sp³-hybridized carbons (Fsp3) is 0.353. The van der Waals surface area contributed by atoms with Crippen molar-refractivity contribution in [2.75, 3.05) is 30.1 Å². The summed E-state index contributed by atoms with van der Waals surface area (Å²) in [7, 11) is 0. The Kier molecular flexibility index (Phi) is 8.42. The standard InChI is InChI=1S/C17H14F9N5O4/c18-15(19,20)6-33-11-5-12(34-7-16(21,22)23)29-13(28-11)30-14(32)31(8-27)9-1-3-10(4-2-9)35-17(24,25)26/h1-5H,6-8,27H2,(H,28,29,30,32). The Hall–Kier alpha value is -3.70. The van der Waals surface area contributed by atoms with Crippen molar-refractivity contribution in [3.8, 4) is 17.5 Å². The van der Waals surface area contributed by atoms with E-state index in [1.54, 1.807) is 0 Å². The third-order valence-corrected chi connectivity index (χ3v) is 3.48. The molecule has 2 aromatic rings. The maximum atomic E-state index is 12.5. The van der Waals surface area contributed by atoms with Gasteiger partial charge in [-0.2, -0.15) is 36.3 Å². The van der Waals surface area contributed by atoms with E-state index >= 15 is 0 Å². The number of aromatic nitrogens is 2. The molecule has 2 rings (SSSR count). The van der Waals surface area contributed by atoms with Crippen molar-refractivity contribution in [3.05, 3.63) is 30.3 Å². The molecule has 0 aliphatic rings. The molecule has 9 nitrogen and oxygen atoms in total. The van der Waals surface area contributed by atoms with E-state index in [0.29, 0.717) is 6.07 Å². The number of anilines is 2. The summed E-state index contributed by atoms with van der Waals surface area (Å²) in [5.74, 6) is -3.18. The fourth-order valence-electron chi connectivity index (χ4n) is 2.22. The first-order valence-corrected chi connectivity index (χ1v) is 8.97. The Bertz CT molecular complexity index is 961. The summed E-state index contributed by atoms with van der Waals surface area (Å²) in [5, 5.41) is 1.97. The van der Waals surface area contributed by atoms with E-state index in [-0.39, 0.29) is 5.69 Å². The molecule has 0 aliphatic carbocycles. The molecular formula is C17H14F9N5O4. The van der Waals surface area contributed by atoms with Crippen LogP contribution in [0.25, 0.3) is 0 Å². The Morgan fingerprint density at radius 2 is 1.37 bits per heavy atom. The molecule has 0 bridgehead atoms. The Morgan fingerprint density at radius 3 is 1.77 bits per heavy atom. The second-order valence-corrected chi connectivity index (χ2v) is 6.26. The van der Waals surface area contributed by atoms with Crippen LogP contribution >= 0.6 is 0 Å². The predicted octanol–water partition coefficient (Wildman–Crippen LogP) is 4.21. The quantitative estimate of drug-likeness (QED) is 0.394. The van der Waals surface area contributed by atoms with Crippen molar-refractivity contribution >= 4 is 17.7 Å². The van der Waals surface area contributed by atoms with Crippen LogP contribution in [0.5, 0.6) is 17.5 Å². The number of nitrogens with one attached hydrogen (secondary N) is 1. The lowest BCUT2D eigenvalue weighted by molar-refractivity contribution is -0.274. The van der Waals surface area contributed by atoms with Gasteiger partial charge in [-0.15, -0.1) is 13.2 Å². The first-order valence-electron chi connectivity index (χ1n) is 8.97. The van der Waals surface area contributed by atoms with Crippen molar-refractivity contribution in [1.82, 2.24) is 9.97 Å². The molecule has 0 saturated heterocycles. The molecular weight excluding hydrogens is 509 g/mol. The lowest BCUT2D eigenvalue weighted by Gasteiger charge is -2.21. The molecule has 18 heteroatoms. The van der Waals surface area contributed by atoms with Crippen LogP contribution in [0.2, 0.25) is 0 Å². The highest BCUT2D eigenvalue weighted by atomic mass is 19.4. The first kappa shape index (κ1) is 27.5.